The van der Waals surface area contributed by atoms with Gasteiger partial charge in [-0.3, -0.25) is 0 Å². The smallest absolute Gasteiger partial charge is 0.352 e. The van der Waals surface area contributed by atoms with Crippen LogP contribution in [0.1, 0.15) is 40.3 Å². The molecule has 1 aromatic heterocycles. The molecule has 1 aromatic rings. The maximum Gasteiger partial charge on any atom is 0.352 e. The first-order valence-electron chi connectivity index (χ1n) is 7.11. The van der Waals surface area contributed by atoms with Crippen molar-refractivity contribution in [2.75, 3.05) is 0 Å². The highest BCUT2D eigenvalue weighted by Crippen LogP contribution is 2.39. The van der Waals surface area contributed by atoms with Gasteiger partial charge in [-0.25, -0.2) is 14.4 Å². The molecule has 0 saturated carbocycles. The largest absolute Gasteiger partial charge is 0.505 e. The zero-order chi connectivity index (χ0) is 19.0. The number of carbonyl (C=O) groups is 2. The Labute approximate surface area is 146 Å². The monoisotopic (exact) mass is 368 g/mol. The van der Waals surface area contributed by atoms with Gasteiger partial charge in [-0.2, -0.15) is 9.98 Å². The Morgan fingerprint density at radius 2 is 1.84 bits per heavy atom. The molecule has 0 amide bonds. The van der Waals surface area contributed by atoms with E-state index in [4.69, 9.17) is 14.2 Å². The Hall–Kier alpha value is -2.71. The summed E-state index contributed by atoms with van der Waals surface area (Å²) >= 11 is 0.845. The number of cyclic esters (lactones) is 2. The summed E-state index contributed by atoms with van der Waals surface area (Å²) < 4.78 is 15.4. The summed E-state index contributed by atoms with van der Waals surface area (Å²) in [5.74, 6) is -4.43. The third-order valence-corrected chi connectivity index (χ3v) is 3.50. The van der Waals surface area contributed by atoms with Crippen LogP contribution in [0, 0.1) is 0 Å². The Bertz CT molecular complexity index is 788. The molecule has 1 saturated heterocycles. The second-order valence-corrected chi connectivity index (χ2v) is 7.39. The van der Waals surface area contributed by atoms with Crippen LogP contribution >= 0.6 is 11.3 Å². The van der Waals surface area contributed by atoms with Gasteiger partial charge in [0.1, 0.15) is 11.3 Å². The average Bonchev–Trinajstić information content (AvgIpc) is 2.77. The van der Waals surface area contributed by atoms with E-state index in [1.807, 2.05) is 0 Å². The number of carbonyl (C=O) groups excluding carboxylic acids is 3. The van der Waals surface area contributed by atoms with Gasteiger partial charge in [0.05, 0.1) is 0 Å². The third kappa shape index (κ3) is 4.23. The normalized spacial score (nSPS) is 16.6. The molecule has 1 aliphatic rings. The molecule has 134 valence electrons. The number of isocyanates is 1. The van der Waals surface area contributed by atoms with Gasteiger partial charge in [-0.1, -0.05) is 11.3 Å². The van der Waals surface area contributed by atoms with Crippen LogP contribution in [0.3, 0.4) is 0 Å². The number of aromatic nitrogens is 1. The standard InChI is InChI=1S/C15H16N2O7S/c1-14(2,3)24-13-17-8(10(25-13)16-6-18)9(19)7-11(20)22-15(4,5)23-12(7)21/h19H,1-5H3. The molecule has 2 heterocycles. The molecular formula is C15H16N2O7S. The predicted octanol–water partition coefficient (Wildman–Crippen LogP) is 2.39. The van der Waals surface area contributed by atoms with E-state index in [1.54, 1.807) is 20.8 Å². The van der Waals surface area contributed by atoms with E-state index in [9.17, 15) is 19.5 Å². The topological polar surface area (TPSA) is 124 Å². The van der Waals surface area contributed by atoms with Gasteiger partial charge < -0.3 is 19.3 Å². The molecule has 25 heavy (non-hydrogen) atoms. The maximum atomic E-state index is 12.0. The number of thiazole rings is 1. The zero-order valence-electron chi connectivity index (χ0n) is 14.2. The lowest BCUT2D eigenvalue weighted by molar-refractivity contribution is -0.222. The van der Waals surface area contributed by atoms with E-state index in [0.29, 0.717) is 0 Å². The highest BCUT2D eigenvalue weighted by atomic mass is 32.1. The highest BCUT2D eigenvalue weighted by molar-refractivity contribution is 7.17. The Morgan fingerprint density at radius 3 is 2.32 bits per heavy atom. The number of hydrogen-bond acceptors (Lipinski definition) is 10. The lowest BCUT2D eigenvalue weighted by atomic mass is 10.1. The van der Waals surface area contributed by atoms with Gasteiger partial charge >= 0.3 is 11.9 Å². The summed E-state index contributed by atoms with van der Waals surface area (Å²) in [6.45, 7) is 8.06. The van der Waals surface area contributed by atoms with E-state index < -0.39 is 34.7 Å². The van der Waals surface area contributed by atoms with Gasteiger partial charge in [-0.05, 0) is 20.8 Å². The van der Waals surface area contributed by atoms with E-state index in [-0.39, 0.29) is 15.9 Å². The van der Waals surface area contributed by atoms with Crippen molar-refractivity contribution in [2.24, 2.45) is 4.99 Å². The number of rotatable bonds is 3. The van der Waals surface area contributed by atoms with Crippen LogP contribution in [-0.2, 0) is 23.9 Å². The number of esters is 2. The van der Waals surface area contributed by atoms with Crippen LogP contribution in [-0.4, -0.2) is 39.5 Å². The zero-order valence-corrected chi connectivity index (χ0v) is 15.0. The number of ether oxygens (including phenoxy) is 3. The lowest BCUT2D eigenvalue weighted by Gasteiger charge is -2.29. The quantitative estimate of drug-likeness (QED) is 0.215. The fraction of sp³-hybridized carbons (Fsp3) is 0.467. The van der Waals surface area contributed by atoms with Gasteiger partial charge in [0.2, 0.25) is 6.08 Å². The fourth-order valence-electron chi connectivity index (χ4n) is 1.83. The van der Waals surface area contributed by atoms with Crippen molar-refractivity contribution in [3.63, 3.8) is 0 Å². The van der Waals surface area contributed by atoms with Crippen molar-refractivity contribution < 1.29 is 33.7 Å². The van der Waals surface area contributed by atoms with Crippen molar-refractivity contribution in [3.05, 3.63) is 11.3 Å². The Kier molecular flexibility index (Phi) is 4.70. The molecular weight excluding hydrogens is 352 g/mol. The summed E-state index contributed by atoms with van der Waals surface area (Å²) in [6, 6.07) is 0. The molecule has 0 atom stereocenters. The summed E-state index contributed by atoms with van der Waals surface area (Å²) in [6.07, 6.45) is 1.32. The van der Waals surface area contributed by atoms with Crippen molar-refractivity contribution in [1.29, 1.82) is 0 Å². The summed E-state index contributed by atoms with van der Waals surface area (Å²) in [7, 11) is 0. The van der Waals surface area contributed by atoms with E-state index in [0.717, 1.165) is 11.3 Å². The van der Waals surface area contributed by atoms with Gasteiger partial charge in [0.15, 0.2) is 16.3 Å². The van der Waals surface area contributed by atoms with Crippen molar-refractivity contribution in [2.45, 2.75) is 46.0 Å². The van der Waals surface area contributed by atoms with E-state index in [1.165, 1.54) is 19.9 Å². The first kappa shape index (κ1) is 18.6. The third-order valence-electron chi connectivity index (χ3n) is 2.68. The maximum absolute atomic E-state index is 12.0. The number of aliphatic hydroxyl groups excluding tert-OH is 1. The first-order valence-corrected chi connectivity index (χ1v) is 7.93. The molecule has 1 aliphatic heterocycles. The molecule has 9 nitrogen and oxygen atoms in total. The number of aliphatic hydroxyl groups is 1. The van der Waals surface area contributed by atoms with Crippen molar-refractivity contribution >= 4 is 40.1 Å². The molecule has 0 bridgehead atoms. The van der Waals surface area contributed by atoms with Crippen LogP contribution < -0.4 is 4.74 Å². The first-order chi connectivity index (χ1) is 11.4. The van der Waals surface area contributed by atoms with Crippen LogP contribution in [0.5, 0.6) is 5.19 Å². The summed E-state index contributed by atoms with van der Waals surface area (Å²) in [5, 5.41) is 10.4. The second kappa shape index (κ2) is 6.30. The molecule has 0 unspecified atom stereocenters. The molecule has 0 spiro atoms. The molecule has 1 N–H and O–H groups in total. The molecule has 2 rings (SSSR count). The minimum absolute atomic E-state index is 0.0790. The van der Waals surface area contributed by atoms with Crippen LogP contribution in [0.15, 0.2) is 10.6 Å². The Morgan fingerprint density at radius 1 is 1.28 bits per heavy atom. The minimum Gasteiger partial charge on any atom is -0.505 e. The minimum atomic E-state index is -1.45. The molecule has 0 aromatic carbocycles. The van der Waals surface area contributed by atoms with Crippen LogP contribution in [0.2, 0.25) is 0 Å². The van der Waals surface area contributed by atoms with Gasteiger partial charge in [0, 0.05) is 13.8 Å². The summed E-state index contributed by atoms with van der Waals surface area (Å²) in [5.41, 5.74) is -1.63. The van der Waals surface area contributed by atoms with Crippen molar-refractivity contribution in [1.82, 2.24) is 4.98 Å². The molecule has 0 radical (unpaired) electrons. The Balaban J connectivity index is 2.54. The van der Waals surface area contributed by atoms with E-state index >= 15 is 0 Å². The van der Waals surface area contributed by atoms with E-state index in [2.05, 4.69) is 9.98 Å². The second-order valence-electron chi connectivity index (χ2n) is 6.45. The SMILES string of the molecule is CC(C)(C)Oc1nc(C(O)=C2C(=O)OC(C)(C)OC2=O)c(N=C=O)s1. The van der Waals surface area contributed by atoms with Crippen molar-refractivity contribution in [3.8, 4) is 5.19 Å². The molecule has 1 fully saturated rings. The summed E-state index contributed by atoms with van der Waals surface area (Å²) in [4.78, 5) is 42.1. The van der Waals surface area contributed by atoms with Crippen LogP contribution in [0.25, 0.3) is 5.76 Å². The lowest BCUT2D eigenvalue weighted by Crippen LogP contribution is -2.42. The highest BCUT2D eigenvalue weighted by Gasteiger charge is 2.42. The molecule has 0 aliphatic carbocycles. The van der Waals surface area contributed by atoms with Gasteiger partial charge in [-0.15, -0.1) is 0 Å². The number of nitrogens with zero attached hydrogens (tertiary/aromatic N) is 2. The fourth-order valence-corrected chi connectivity index (χ4v) is 2.75. The van der Waals surface area contributed by atoms with Gasteiger partial charge in [0.25, 0.3) is 11.0 Å². The number of aliphatic imine (C=N–C) groups is 1. The molecule has 10 heteroatoms. The number of hydrogen-bond donors (Lipinski definition) is 1. The average molecular weight is 368 g/mol. The predicted molar refractivity (Wildman–Crippen MR) is 86.1 cm³/mol. The van der Waals surface area contributed by atoms with Crippen LogP contribution in [0.4, 0.5) is 5.00 Å².